The van der Waals surface area contributed by atoms with E-state index in [9.17, 15) is 13.0 Å². The monoisotopic (exact) mass is 625 g/mol. The van der Waals surface area contributed by atoms with E-state index in [-0.39, 0.29) is 42.1 Å². The Morgan fingerprint density at radius 1 is 0.429 bits per heavy atom. The molecular formula is C36H73NaO4S. The van der Waals surface area contributed by atoms with E-state index in [1.807, 2.05) is 0 Å². The van der Waals surface area contributed by atoms with Gasteiger partial charge in [-0.15, -0.1) is 0 Å². The molecule has 248 valence electrons. The van der Waals surface area contributed by atoms with Crippen molar-refractivity contribution in [1.82, 2.24) is 0 Å². The summed E-state index contributed by atoms with van der Waals surface area (Å²) in [6.07, 6.45) is 42.4. The molecule has 0 rings (SSSR count). The SMILES string of the molecule is CCCCCCCCCCCCCCCCCC(CCCCCCCCCCCCCCCCC)COS(=O)(=O)[O-].[Na+]. The van der Waals surface area contributed by atoms with Crippen LogP contribution in [0.1, 0.15) is 219 Å². The second-order valence-corrected chi connectivity index (χ2v) is 14.1. The minimum Gasteiger partial charge on any atom is -0.726 e. The van der Waals surface area contributed by atoms with Crippen molar-refractivity contribution in [3.8, 4) is 0 Å². The van der Waals surface area contributed by atoms with Gasteiger partial charge in [-0.25, -0.2) is 8.42 Å². The van der Waals surface area contributed by atoms with Gasteiger partial charge >= 0.3 is 29.6 Å². The van der Waals surface area contributed by atoms with E-state index >= 15 is 0 Å². The van der Waals surface area contributed by atoms with Crippen molar-refractivity contribution in [2.24, 2.45) is 5.92 Å². The molecule has 0 aromatic carbocycles. The average molecular weight is 625 g/mol. The maximum atomic E-state index is 11.0. The fourth-order valence-electron chi connectivity index (χ4n) is 6.10. The Balaban J connectivity index is 0. The van der Waals surface area contributed by atoms with Gasteiger partial charge in [0.2, 0.25) is 10.4 Å². The third kappa shape index (κ3) is 38.9. The van der Waals surface area contributed by atoms with E-state index in [0.717, 1.165) is 25.7 Å². The van der Waals surface area contributed by atoms with Crippen molar-refractivity contribution in [1.29, 1.82) is 0 Å². The van der Waals surface area contributed by atoms with E-state index in [0.29, 0.717) is 0 Å². The normalized spacial score (nSPS) is 11.8. The maximum absolute atomic E-state index is 11.0. The summed E-state index contributed by atoms with van der Waals surface area (Å²) in [6.45, 7) is 4.63. The second kappa shape index (κ2) is 36.3. The van der Waals surface area contributed by atoms with Crippen molar-refractivity contribution in [2.75, 3.05) is 6.61 Å². The third-order valence-electron chi connectivity index (χ3n) is 8.88. The molecule has 0 heterocycles. The van der Waals surface area contributed by atoms with Gasteiger partial charge in [0.25, 0.3) is 0 Å². The van der Waals surface area contributed by atoms with Gasteiger partial charge in [-0.1, -0.05) is 206 Å². The van der Waals surface area contributed by atoms with Crippen molar-refractivity contribution < 1.29 is 46.7 Å². The van der Waals surface area contributed by atoms with Crippen molar-refractivity contribution in [2.45, 2.75) is 219 Å². The Labute approximate surface area is 287 Å². The molecule has 4 nitrogen and oxygen atoms in total. The number of hydrogen-bond acceptors (Lipinski definition) is 4. The quantitative estimate of drug-likeness (QED) is 0.0305. The molecule has 0 unspecified atom stereocenters. The molecule has 6 heteroatoms. The molecule has 0 spiro atoms. The molecule has 0 saturated heterocycles. The molecule has 0 aliphatic heterocycles. The molecular weight excluding hydrogens is 551 g/mol. The van der Waals surface area contributed by atoms with Crippen molar-refractivity contribution in [3.05, 3.63) is 0 Å². The molecule has 0 saturated carbocycles. The van der Waals surface area contributed by atoms with Crippen molar-refractivity contribution in [3.63, 3.8) is 0 Å². The summed E-state index contributed by atoms with van der Waals surface area (Å²) in [5, 5.41) is 0. The van der Waals surface area contributed by atoms with Crippen LogP contribution in [0.15, 0.2) is 0 Å². The van der Waals surface area contributed by atoms with Gasteiger partial charge in [0, 0.05) is 0 Å². The van der Waals surface area contributed by atoms with Gasteiger partial charge in [0.1, 0.15) is 0 Å². The molecule has 0 bridgehead atoms. The summed E-state index contributed by atoms with van der Waals surface area (Å²) < 4.78 is 37.6. The molecule has 0 aliphatic rings. The molecule has 0 amide bonds. The minimum absolute atomic E-state index is 0. The summed E-state index contributed by atoms with van der Waals surface area (Å²) in [5.74, 6) is 0.197. The van der Waals surface area contributed by atoms with E-state index in [2.05, 4.69) is 18.0 Å². The number of hydrogen-bond donors (Lipinski definition) is 0. The maximum Gasteiger partial charge on any atom is 1.00 e. The molecule has 0 atom stereocenters. The second-order valence-electron chi connectivity index (χ2n) is 13.0. The zero-order chi connectivity index (χ0) is 30.1. The average Bonchev–Trinajstić information content (AvgIpc) is 2.94. The Kier molecular flexibility index (Phi) is 38.9. The fourth-order valence-corrected chi connectivity index (χ4v) is 6.46. The van der Waals surface area contributed by atoms with Gasteiger partial charge in [-0.2, -0.15) is 0 Å². The first-order chi connectivity index (χ1) is 20.0. The zero-order valence-corrected chi connectivity index (χ0v) is 31.8. The Bertz CT molecular complexity index is 565. The van der Waals surface area contributed by atoms with Crippen LogP contribution in [0.25, 0.3) is 0 Å². The van der Waals surface area contributed by atoms with Crippen LogP contribution < -0.4 is 29.6 Å². The summed E-state index contributed by atoms with van der Waals surface area (Å²) in [7, 11) is -4.59. The number of rotatable bonds is 35. The van der Waals surface area contributed by atoms with Gasteiger partial charge in [-0.3, -0.25) is 4.18 Å². The van der Waals surface area contributed by atoms with Crippen LogP contribution in [0.4, 0.5) is 0 Å². The van der Waals surface area contributed by atoms with Crippen LogP contribution in [0.5, 0.6) is 0 Å². The first-order valence-electron chi connectivity index (χ1n) is 18.6. The van der Waals surface area contributed by atoms with Crippen LogP contribution in [0, 0.1) is 5.92 Å². The topological polar surface area (TPSA) is 66.4 Å². The predicted molar refractivity (Wildman–Crippen MR) is 178 cm³/mol. The summed E-state index contributed by atoms with van der Waals surface area (Å²) in [4.78, 5) is 0. The summed E-state index contributed by atoms with van der Waals surface area (Å²) in [5.41, 5.74) is 0. The largest absolute Gasteiger partial charge is 1.00 e. The zero-order valence-electron chi connectivity index (χ0n) is 29.0. The van der Waals surface area contributed by atoms with E-state index in [4.69, 9.17) is 0 Å². The van der Waals surface area contributed by atoms with E-state index in [1.54, 1.807) is 0 Å². The third-order valence-corrected chi connectivity index (χ3v) is 9.30. The molecule has 0 fully saturated rings. The van der Waals surface area contributed by atoms with E-state index < -0.39 is 10.4 Å². The molecule has 0 radical (unpaired) electrons. The molecule has 0 aromatic heterocycles. The van der Waals surface area contributed by atoms with E-state index in [1.165, 1.54) is 180 Å². The Morgan fingerprint density at radius 3 is 0.857 bits per heavy atom. The van der Waals surface area contributed by atoms with Crippen LogP contribution >= 0.6 is 0 Å². The minimum atomic E-state index is -4.59. The molecule has 42 heavy (non-hydrogen) atoms. The standard InChI is InChI=1S/C36H74O4S.Na/c1-3-5-7-9-11-13-15-17-19-21-23-25-27-29-31-33-36(35-40-41(37,38)39)34-32-30-28-26-24-22-20-18-16-14-12-10-8-6-4-2;/h36H,3-35H2,1-2H3,(H,37,38,39);/q;+1/p-1. The van der Waals surface area contributed by atoms with Gasteiger partial charge < -0.3 is 4.55 Å². The van der Waals surface area contributed by atoms with Crippen molar-refractivity contribution >= 4 is 10.4 Å². The summed E-state index contributed by atoms with van der Waals surface area (Å²) >= 11 is 0. The van der Waals surface area contributed by atoms with Crippen LogP contribution in [0.3, 0.4) is 0 Å². The Morgan fingerprint density at radius 2 is 0.643 bits per heavy atom. The first-order valence-corrected chi connectivity index (χ1v) is 19.9. The summed E-state index contributed by atoms with van der Waals surface area (Å²) in [6, 6.07) is 0. The molecule has 0 aromatic rings. The van der Waals surface area contributed by atoms with Crippen LogP contribution in [-0.4, -0.2) is 19.6 Å². The van der Waals surface area contributed by atoms with Crippen LogP contribution in [0.2, 0.25) is 0 Å². The smallest absolute Gasteiger partial charge is 0.726 e. The van der Waals surface area contributed by atoms with Crippen LogP contribution in [-0.2, 0) is 14.6 Å². The van der Waals surface area contributed by atoms with Gasteiger partial charge in [0.05, 0.1) is 6.61 Å². The van der Waals surface area contributed by atoms with Gasteiger partial charge in [-0.05, 0) is 18.8 Å². The Hall–Kier alpha value is 0.870. The molecule has 0 aliphatic carbocycles. The first kappa shape index (κ1) is 45.0. The molecule has 0 N–H and O–H groups in total. The predicted octanol–water partition coefficient (Wildman–Crippen LogP) is 9.61. The number of unbranched alkanes of at least 4 members (excludes halogenated alkanes) is 28. The fraction of sp³-hybridized carbons (Fsp3) is 1.00. The van der Waals surface area contributed by atoms with Gasteiger partial charge in [0.15, 0.2) is 0 Å².